The zero-order chi connectivity index (χ0) is 15.8. The van der Waals surface area contributed by atoms with Gasteiger partial charge in [0.05, 0.1) is 11.9 Å². The summed E-state index contributed by atoms with van der Waals surface area (Å²) < 4.78 is 4.27. The lowest BCUT2D eigenvalue weighted by Gasteiger charge is -2.16. The van der Waals surface area contributed by atoms with Gasteiger partial charge in [-0.1, -0.05) is 0 Å². The molecule has 2 heterocycles. The second kappa shape index (κ2) is 5.48. The first-order valence-electron chi connectivity index (χ1n) is 7.05. The van der Waals surface area contributed by atoms with Gasteiger partial charge in [0.25, 0.3) is 5.56 Å². The standard InChI is InChI=1S/C14H22N4O3/c1-14(2,21)7-5-6-8-18-12(19)10-11(15-9-16(10)3)17(4)13(18)20/h9,21H,5-8H2,1-4H3. The van der Waals surface area contributed by atoms with Crippen LogP contribution in [-0.4, -0.2) is 29.4 Å². The number of unbranched alkanes of at least 4 members (excludes halogenated alkanes) is 1. The van der Waals surface area contributed by atoms with Gasteiger partial charge in [-0.15, -0.1) is 0 Å². The van der Waals surface area contributed by atoms with E-state index < -0.39 is 5.60 Å². The Balaban J connectivity index is 2.30. The molecule has 0 saturated carbocycles. The number of nitrogens with zero attached hydrogens (tertiary/aromatic N) is 4. The van der Waals surface area contributed by atoms with Crippen molar-refractivity contribution in [2.75, 3.05) is 0 Å². The summed E-state index contributed by atoms with van der Waals surface area (Å²) in [4.78, 5) is 28.7. The molecule has 7 heteroatoms. The van der Waals surface area contributed by atoms with Gasteiger partial charge in [-0.3, -0.25) is 13.9 Å². The molecule has 0 fully saturated rings. The highest BCUT2D eigenvalue weighted by Crippen LogP contribution is 2.12. The van der Waals surface area contributed by atoms with Crippen LogP contribution in [0.1, 0.15) is 33.1 Å². The Morgan fingerprint density at radius 3 is 2.52 bits per heavy atom. The predicted molar refractivity (Wildman–Crippen MR) is 80.4 cm³/mol. The Morgan fingerprint density at radius 2 is 1.90 bits per heavy atom. The lowest BCUT2D eigenvalue weighted by molar-refractivity contribution is 0.0678. The van der Waals surface area contributed by atoms with Crippen molar-refractivity contribution in [3.63, 3.8) is 0 Å². The molecule has 0 radical (unpaired) electrons. The van der Waals surface area contributed by atoms with Crippen molar-refractivity contribution in [2.24, 2.45) is 14.1 Å². The van der Waals surface area contributed by atoms with Gasteiger partial charge in [-0.2, -0.15) is 0 Å². The molecule has 21 heavy (non-hydrogen) atoms. The average molecular weight is 294 g/mol. The minimum absolute atomic E-state index is 0.309. The molecular formula is C14H22N4O3. The summed E-state index contributed by atoms with van der Waals surface area (Å²) >= 11 is 0. The summed E-state index contributed by atoms with van der Waals surface area (Å²) in [6.07, 6.45) is 3.59. The highest BCUT2D eigenvalue weighted by atomic mass is 16.3. The maximum absolute atomic E-state index is 12.4. The number of aromatic nitrogens is 4. The van der Waals surface area contributed by atoms with Crippen molar-refractivity contribution in [3.05, 3.63) is 27.2 Å². The minimum atomic E-state index is -0.720. The normalized spacial score (nSPS) is 12.2. The largest absolute Gasteiger partial charge is 0.390 e. The number of imidazole rings is 1. The number of rotatable bonds is 5. The van der Waals surface area contributed by atoms with Crippen LogP contribution >= 0.6 is 0 Å². The van der Waals surface area contributed by atoms with Crippen LogP contribution < -0.4 is 11.2 Å². The van der Waals surface area contributed by atoms with Gasteiger partial charge in [-0.05, 0) is 33.1 Å². The maximum atomic E-state index is 12.4. The highest BCUT2D eigenvalue weighted by Gasteiger charge is 2.15. The van der Waals surface area contributed by atoms with E-state index >= 15 is 0 Å². The molecule has 0 bridgehead atoms. The third-order valence-electron chi connectivity index (χ3n) is 3.62. The van der Waals surface area contributed by atoms with Gasteiger partial charge < -0.3 is 9.67 Å². The first-order valence-corrected chi connectivity index (χ1v) is 7.05. The fraction of sp³-hybridized carbons (Fsp3) is 0.643. The molecular weight excluding hydrogens is 272 g/mol. The molecule has 0 aromatic carbocycles. The molecule has 0 amide bonds. The number of hydrogen-bond acceptors (Lipinski definition) is 4. The average Bonchev–Trinajstić information content (AvgIpc) is 2.76. The van der Waals surface area contributed by atoms with Gasteiger partial charge in [-0.25, -0.2) is 9.78 Å². The second-order valence-corrected chi connectivity index (χ2v) is 6.10. The number of hydrogen-bond donors (Lipinski definition) is 1. The van der Waals surface area contributed by atoms with Crippen molar-refractivity contribution in [2.45, 2.75) is 45.3 Å². The molecule has 0 atom stereocenters. The van der Waals surface area contributed by atoms with E-state index in [-0.39, 0.29) is 11.2 Å². The zero-order valence-electron chi connectivity index (χ0n) is 13.0. The maximum Gasteiger partial charge on any atom is 0.332 e. The molecule has 0 aliphatic rings. The van der Waals surface area contributed by atoms with Crippen LogP contribution in [0.5, 0.6) is 0 Å². The molecule has 7 nitrogen and oxygen atoms in total. The minimum Gasteiger partial charge on any atom is -0.390 e. The van der Waals surface area contributed by atoms with Gasteiger partial charge >= 0.3 is 5.69 Å². The second-order valence-electron chi connectivity index (χ2n) is 6.10. The number of aryl methyl sites for hydroxylation is 2. The fourth-order valence-electron chi connectivity index (χ4n) is 2.42. The van der Waals surface area contributed by atoms with E-state index in [1.807, 2.05) is 0 Å². The smallest absolute Gasteiger partial charge is 0.332 e. The van der Waals surface area contributed by atoms with Crippen LogP contribution in [-0.2, 0) is 20.6 Å². The first-order chi connectivity index (χ1) is 9.72. The molecule has 0 aliphatic heterocycles. The zero-order valence-corrected chi connectivity index (χ0v) is 13.0. The topological polar surface area (TPSA) is 82.1 Å². The number of fused-ring (bicyclic) bond motifs is 1. The van der Waals surface area contributed by atoms with Crippen molar-refractivity contribution in [3.8, 4) is 0 Å². The van der Waals surface area contributed by atoms with Gasteiger partial charge in [0.1, 0.15) is 0 Å². The molecule has 0 saturated heterocycles. The highest BCUT2D eigenvalue weighted by molar-refractivity contribution is 5.69. The van der Waals surface area contributed by atoms with Crippen molar-refractivity contribution in [1.82, 2.24) is 18.7 Å². The summed E-state index contributed by atoms with van der Waals surface area (Å²) in [5.41, 5.74) is -0.548. The van der Waals surface area contributed by atoms with Crippen molar-refractivity contribution >= 4 is 11.2 Å². The Kier molecular flexibility index (Phi) is 4.04. The van der Waals surface area contributed by atoms with E-state index in [1.54, 1.807) is 32.5 Å². The van der Waals surface area contributed by atoms with Gasteiger partial charge in [0.2, 0.25) is 0 Å². The summed E-state index contributed by atoms with van der Waals surface area (Å²) in [6.45, 7) is 3.85. The summed E-state index contributed by atoms with van der Waals surface area (Å²) in [7, 11) is 3.35. The number of aliphatic hydroxyl groups is 1. The van der Waals surface area contributed by atoms with E-state index in [2.05, 4.69) is 4.98 Å². The first kappa shape index (κ1) is 15.5. The Morgan fingerprint density at radius 1 is 1.24 bits per heavy atom. The van der Waals surface area contributed by atoms with Crippen LogP contribution in [0.4, 0.5) is 0 Å². The van der Waals surface area contributed by atoms with Crippen LogP contribution in [0, 0.1) is 0 Å². The van der Waals surface area contributed by atoms with E-state index in [1.165, 1.54) is 15.5 Å². The predicted octanol–water partition coefficient (Wildman–Crippen LogP) is 0.375. The monoisotopic (exact) mass is 294 g/mol. The Labute approximate surface area is 122 Å². The molecule has 116 valence electrons. The van der Waals surface area contributed by atoms with Crippen LogP contribution in [0.3, 0.4) is 0 Å². The molecule has 0 unspecified atom stereocenters. The van der Waals surface area contributed by atoms with E-state index in [0.29, 0.717) is 30.6 Å². The van der Waals surface area contributed by atoms with E-state index in [9.17, 15) is 14.7 Å². The Hall–Kier alpha value is -1.89. The lowest BCUT2D eigenvalue weighted by atomic mass is 10.0. The van der Waals surface area contributed by atoms with Crippen molar-refractivity contribution < 1.29 is 5.11 Å². The third-order valence-corrected chi connectivity index (χ3v) is 3.62. The van der Waals surface area contributed by atoms with Crippen LogP contribution in [0.25, 0.3) is 11.2 Å². The summed E-state index contributed by atoms with van der Waals surface area (Å²) in [5.74, 6) is 0. The molecule has 2 aromatic rings. The lowest BCUT2D eigenvalue weighted by Crippen LogP contribution is -2.39. The van der Waals surface area contributed by atoms with Crippen LogP contribution in [0.2, 0.25) is 0 Å². The molecule has 0 spiro atoms. The Bertz CT molecular complexity index is 761. The fourth-order valence-corrected chi connectivity index (χ4v) is 2.42. The molecule has 1 N–H and O–H groups in total. The molecule has 2 rings (SSSR count). The molecule has 2 aromatic heterocycles. The van der Waals surface area contributed by atoms with E-state index in [0.717, 1.165) is 6.42 Å². The molecule has 0 aliphatic carbocycles. The van der Waals surface area contributed by atoms with Crippen LogP contribution in [0.15, 0.2) is 15.9 Å². The summed E-state index contributed by atoms with van der Waals surface area (Å²) in [5, 5.41) is 9.67. The SMILES string of the molecule is Cn1cnc2c1c(=O)n(CCCCC(C)(C)O)c(=O)n2C. The van der Waals surface area contributed by atoms with Gasteiger partial charge in [0, 0.05) is 20.6 Å². The van der Waals surface area contributed by atoms with Crippen molar-refractivity contribution in [1.29, 1.82) is 0 Å². The van der Waals surface area contributed by atoms with E-state index in [4.69, 9.17) is 0 Å². The third kappa shape index (κ3) is 3.07. The summed E-state index contributed by atoms with van der Waals surface area (Å²) in [6, 6.07) is 0. The van der Waals surface area contributed by atoms with Gasteiger partial charge in [0.15, 0.2) is 11.2 Å². The quantitative estimate of drug-likeness (QED) is 0.808.